The van der Waals surface area contributed by atoms with Gasteiger partial charge in [0.1, 0.15) is 28.4 Å². The summed E-state index contributed by atoms with van der Waals surface area (Å²) in [5.74, 6) is 2.38. The second kappa shape index (κ2) is 13.7. The Kier molecular flexibility index (Phi) is 10.7. The lowest BCUT2D eigenvalue weighted by molar-refractivity contribution is 0.121. The smallest absolute Gasteiger partial charge is 0.200 e. The SMILES string of the molecule is COc1ccc(OCCCN2CCN(Cc3cccc4c(=O)c5ccc(OC)cc5oc34)CC2)cc1.Cl.Cl. The van der Waals surface area contributed by atoms with Crippen LogP contribution in [0.2, 0.25) is 0 Å². The van der Waals surface area contributed by atoms with Crippen molar-refractivity contribution in [1.82, 2.24) is 9.80 Å². The number of nitrogens with zero attached hydrogens (tertiary/aromatic N) is 2. The Hall–Kier alpha value is -2.97. The van der Waals surface area contributed by atoms with E-state index in [2.05, 4.69) is 15.9 Å². The zero-order valence-electron chi connectivity index (χ0n) is 21.7. The Bertz CT molecular complexity index is 1390. The van der Waals surface area contributed by atoms with Crippen LogP contribution in [0.15, 0.2) is 69.9 Å². The molecule has 1 aromatic heterocycles. The van der Waals surface area contributed by atoms with Gasteiger partial charge in [0.25, 0.3) is 0 Å². The van der Waals surface area contributed by atoms with Crippen LogP contribution in [0.3, 0.4) is 0 Å². The van der Waals surface area contributed by atoms with Crippen LogP contribution in [-0.4, -0.2) is 63.4 Å². The van der Waals surface area contributed by atoms with Crippen molar-refractivity contribution in [3.05, 3.63) is 76.5 Å². The number of para-hydroxylation sites is 1. The van der Waals surface area contributed by atoms with Crippen molar-refractivity contribution in [3.8, 4) is 17.2 Å². The van der Waals surface area contributed by atoms with Gasteiger partial charge in [0, 0.05) is 50.9 Å². The maximum atomic E-state index is 13.1. The number of piperazine rings is 1. The first-order valence-corrected chi connectivity index (χ1v) is 12.4. The van der Waals surface area contributed by atoms with Crippen LogP contribution < -0.4 is 19.6 Å². The Morgan fingerprint density at radius 2 is 1.45 bits per heavy atom. The molecule has 0 unspecified atom stereocenters. The van der Waals surface area contributed by atoms with Crippen LogP contribution in [0.4, 0.5) is 0 Å². The average molecular weight is 562 g/mol. The van der Waals surface area contributed by atoms with E-state index in [1.165, 1.54) is 0 Å². The van der Waals surface area contributed by atoms with Crippen molar-refractivity contribution < 1.29 is 18.6 Å². The molecule has 38 heavy (non-hydrogen) atoms. The summed E-state index contributed by atoms with van der Waals surface area (Å²) in [6.07, 6.45) is 0.983. The minimum absolute atomic E-state index is 0. The number of halogens is 2. The van der Waals surface area contributed by atoms with Crippen LogP contribution >= 0.6 is 24.8 Å². The minimum atomic E-state index is -0.00238. The minimum Gasteiger partial charge on any atom is -0.497 e. The molecule has 0 spiro atoms. The Labute approximate surface area is 235 Å². The van der Waals surface area contributed by atoms with Crippen LogP contribution in [0, 0.1) is 0 Å². The van der Waals surface area contributed by atoms with Crippen LogP contribution in [0.5, 0.6) is 17.2 Å². The van der Waals surface area contributed by atoms with Gasteiger partial charge < -0.3 is 23.5 Å². The normalized spacial score (nSPS) is 14.1. The molecule has 1 aliphatic heterocycles. The second-order valence-electron chi connectivity index (χ2n) is 9.08. The van der Waals surface area contributed by atoms with Gasteiger partial charge >= 0.3 is 0 Å². The van der Waals surface area contributed by atoms with Crippen molar-refractivity contribution in [2.24, 2.45) is 0 Å². The first kappa shape index (κ1) is 29.6. The molecule has 0 radical (unpaired) electrons. The van der Waals surface area contributed by atoms with E-state index in [0.717, 1.165) is 62.8 Å². The molecule has 0 bridgehead atoms. The predicted octanol–water partition coefficient (Wildman–Crippen LogP) is 5.39. The van der Waals surface area contributed by atoms with Gasteiger partial charge in [0.05, 0.1) is 31.6 Å². The first-order chi connectivity index (χ1) is 17.6. The highest BCUT2D eigenvalue weighted by molar-refractivity contribution is 5.91. The molecule has 1 fully saturated rings. The number of methoxy groups -OCH3 is 2. The Balaban J connectivity index is 0.00000200. The molecular formula is C29H34Cl2N2O5. The standard InChI is InChI=1S/C29H32N2O5.2ClH/c1-33-22-7-9-23(10-8-22)35-18-4-13-30-14-16-31(17-15-30)20-21-5-3-6-26-28(32)25-12-11-24(34-2)19-27(25)36-29(21)26;;/h3,5-12,19H,4,13-18,20H2,1-2H3;2*1H. The van der Waals surface area contributed by atoms with E-state index in [1.54, 1.807) is 32.4 Å². The third kappa shape index (κ3) is 6.72. The van der Waals surface area contributed by atoms with E-state index in [9.17, 15) is 4.79 Å². The summed E-state index contributed by atoms with van der Waals surface area (Å²) in [4.78, 5) is 18.0. The van der Waals surface area contributed by atoms with Gasteiger partial charge in [-0.05, 0) is 48.9 Å². The summed E-state index contributed by atoms with van der Waals surface area (Å²) in [6.45, 7) is 6.43. The van der Waals surface area contributed by atoms with Crippen LogP contribution in [-0.2, 0) is 6.54 Å². The fraction of sp³-hybridized carbons (Fsp3) is 0.345. The Morgan fingerprint density at radius 3 is 2.16 bits per heavy atom. The summed E-state index contributed by atoms with van der Waals surface area (Å²) >= 11 is 0. The highest BCUT2D eigenvalue weighted by atomic mass is 35.5. The molecule has 0 saturated carbocycles. The molecule has 1 aliphatic rings. The predicted molar refractivity (Wildman–Crippen MR) is 156 cm³/mol. The molecular weight excluding hydrogens is 527 g/mol. The quantitative estimate of drug-likeness (QED) is 0.201. The van der Waals surface area contributed by atoms with Gasteiger partial charge in [0.15, 0.2) is 0 Å². The summed E-state index contributed by atoms with van der Waals surface area (Å²) in [6, 6.07) is 18.9. The van der Waals surface area contributed by atoms with E-state index in [1.807, 2.05) is 36.4 Å². The fourth-order valence-electron chi connectivity index (χ4n) is 4.73. The summed E-state index contributed by atoms with van der Waals surface area (Å²) in [5, 5.41) is 1.20. The molecule has 0 amide bonds. The highest BCUT2D eigenvalue weighted by Gasteiger charge is 2.19. The third-order valence-corrected chi connectivity index (χ3v) is 6.79. The molecule has 0 atom stereocenters. The van der Waals surface area contributed by atoms with Gasteiger partial charge in [-0.3, -0.25) is 9.69 Å². The Morgan fingerprint density at radius 1 is 0.789 bits per heavy atom. The van der Waals surface area contributed by atoms with E-state index >= 15 is 0 Å². The lowest BCUT2D eigenvalue weighted by Crippen LogP contribution is -2.46. The number of benzene rings is 3. The molecule has 0 aliphatic carbocycles. The summed E-state index contributed by atoms with van der Waals surface area (Å²) < 4.78 is 22.6. The lowest BCUT2D eigenvalue weighted by atomic mass is 10.1. The molecule has 4 aromatic rings. The highest BCUT2D eigenvalue weighted by Crippen LogP contribution is 2.26. The third-order valence-electron chi connectivity index (χ3n) is 6.79. The largest absolute Gasteiger partial charge is 0.497 e. The van der Waals surface area contributed by atoms with Gasteiger partial charge in [-0.2, -0.15) is 0 Å². The second-order valence-corrected chi connectivity index (χ2v) is 9.08. The van der Waals surface area contributed by atoms with Gasteiger partial charge in [-0.1, -0.05) is 12.1 Å². The van der Waals surface area contributed by atoms with E-state index < -0.39 is 0 Å². The van der Waals surface area contributed by atoms with E-state index in [0.29, 0.717) is 34.3 Å². The number of fused-ring (bicyclic) bond motifs is 2. The molecule has 1 saturated heterocycles. The van der Waals surface area contributed by atoms with Crippen molar-refractivity contribution >= 4 is 46.8 Å². The number of ether oxygens (including phenoxy) is 3. The van der Waals surface area contributed by atoms with Gasteiger partial charge in [-0.15, -0.1) is 24.8 Å². The van der Waals surface area contributed by atoms with Gasteiger partial charge in [0.2, 0.25) is 5.43 Å². The zero-order chi connectivity index (χ0) is 24.9. The molecule has 204 valence electrons. The van der Waals surface area contributed by atoms with Crippen molar-refractivity contribution in [2.45, 2.75) is 13.0 Å². The monoisotopic (exact) mass is 560 g/mol. The maximum absolute atomic E-state index is 13.1. The summed E-state index contributed by atoms with van der Waals surface area (Å²) in [5.41, 5.74) is 2.26. The first-order valence-electron chi connectivity index (χ1n) is 12.4. The van der Waals surface area contributed by atoms with Crippen molar-refractivity contribution in [3.63, 3.8) is 0 Å². The van der Waals surface area contributed by atoms with Crippen LogP contribution in [0.1, 0.15) is 12.0 Å². The van der Waals surface area contributed by atoms with Crippen LogP contribution in [0.25, 0.3) is 21.9 Å². The summed E-state index contributed by atoms with van der Waals surface area (Å²) in [7, 11) is 3.27. The topological polar surface area (TPSA) is 64.4 Å². The molecule has 7 nitrogen and oxygen atoms in total. The molecule has 2 heterocycles. The number of rotatable bonds is 9. The molecule has 0 N–H and O–H groups in total. The lowest BCUT2D eigenvalue weighted by Gasteiger charge is -2.34. The molecule has 5 rings (SSSR count). The van der Waals surface area contributed by atoms with Crippen molar-refractivity contribution in [1.29, 1.82) is 0 Å². The number of hydrogen-bond acceptors (Lipinski definition) is 7. The fourth-order valence-corrected chi connectivity index (χ4v) is 4.73. The maximum Gasteiger partial charge on any atom is 0.200 e. The van der Waals surface area contributed by atoms with E-state index in [-0.39, 0.29) is 30.2 Å². The average Bonchev–Trinajstić information content (AvgIpc) is 2.92. The molecule has 3 aromatic carbocycles. The van der Waals surface area contributed by atoms with E-state index in [4.69, 9.17) is 18.6 Å². The number of hydrogen-bond donors (Lipinski definition) is 0. The van der Waals surface area contributed by atoms with Gasteiger partial charge in [-0.25, -0.2) is 0 Å². The van der Waals surface area contributed by atoms with Crippen molar-refractivity contribution in [2.75, 3.05) is 53.6 Å². The zero-order valence-corrected chi connectivity index (χ0v) is 23.3. The molecule has 9 heteroatoms.